The van der Waals surface area contributed by atoms with Gasteiger partial charge in [-0.2, -0.15) is 0 Å². The maximum Gasteiger partial charge on any atom is 0.256 e. The van der Waals surface area contributed by atoms with Gasteiger partial charge in [-0.1, -0.05) is 11.2 Å². The van der Waals surface area contributed by atoms with Crippen LogP contribution >= 0.6 is 0 Å². The number of aliphatic hydroxyl groups is 3. The number of amides is 2. The summed E-state index contributed by atoms with van der Waals surface area (Å²) in [5.41, 5.74) is 3.61. The zero-order valence-electron chi connectivity index (χ0n) is 21.1. The second-order valence-electron chi connectivity index (χ2n) is 10.5. The number of carbonyl (C=O) groups is 4. The minimum absolute atomic E-state index is 0.000343. The number of hydrogen-bond donors (Lipinski definition) is 6. The van der Waals surface area contributed by atoms with Gasteiger partial charge in [0.25, 0.3) is 5.91 Å². The van der Waals surface area contributed by atoms with Gasteiger partial charge in [0.2, 0.25) is 11.7 Å². The Kier molecular flexibility index (Phi) is 6.32. The number of hydrogen-bond acceptors (Lipinski definition) is 11. The average molecular weight is 541 g/mol. The van der Waals surface area contributed by atoms with Crippen molar-refractivity contribution in [3.8, 4) is 5.75 Å². The number of Topliss-reactive ketones (excluding diaryl/α,β-unsaturated/α-hetero) is 2. The van der Waals surface area contributed by atoms with Crippen LogP contribution in [0.2, 0.25) is 0 Å². The van der Waals surface area contributed by atoms with Crippen molar-refractivity contribution in [3.05, 3.63) is 52.4 Å². The number of aromatic nitrogens is 1. The number of nitrogens with zero attached hydrogens (tertiary/aromatic N) is 2. The number of phenols is 1. The summed E-state index contributed by atoms with van der Waals surface area (Å²) >= 11 is 0. The van der Waals surface area contributed by atoms with Crippen molar-refractivity contribution >= 4 is 29.1 Å². The van der Waals surface area contributed by atoms with Gasteiger partial charge in [0.15, 0.2) is 11.4 Å². The van der Waals surface area contributed by atoms with Crippen molar-refractivity contribution < 1.29 is 44.1 Å². The number of benzene rings is 1. The van der Waals surface area contributed by atoms with E-state index < -0.39 is 64.6 Å². The van der Waals surface area contributed by atoms with Crippen molar-refractivity contribution in [2.75, 3.05) is 14.1 Å². The van der Waals surface area contributed by atoms with E-state index in [1.165, 1.54) is 23.4 Å². The molecule has 6 atom stereocenters. The van der Waals surface area contributed by atoms with Crippen molar-refractivity contribution in [2.24, 2.45) is 23.5 Å². The standard InChI is InChI=1S/C26H28N4O9/c1-30(2)19-14-6-11-5-13-10(7-28-25(37)12-8-29-39-9-12)3-4-15(31)17(13)20(32)16(11)22(34)26(14,38)23(35)18(21(19)33)24(27)36/h3-4,8-9,11,14,18-19,21,31-33,38H,5-7H2,1-2H3,(H2,27,36)(H,28,37)/t11-,14-,18?,19-,21?,26-/m1/s1. The number of nitrogens with one attached hydrogen (secondary N) is 1. The van der Waals surface area contributed by atoms with Gasteiger partial charge in [0.1, 0.15) is 23.7 Å². The lowest BCUT2D eigenvalue weighted by Crippen LogP contribution is -2.73. The minimum atomic E-state index is -2.72. The maximum atomic E-state index is 13.8. The molecule has 1 aromatic carbocycles. The van der Waals surface area contributed by atoms with Crippen molar-refractivity contribution in [3.63, 3.8) is 0 Å². The SMILES string of the molecule is CN(C)[C@H]1C(O)C(C(N)=O)C(=O)[C@]2(O)C(=O)C3=C(O)c4c(O)ccc(CNC(=O)c5cnoc5)c4C[C@@H]3C[C@H]12. The summed E-state index contributed by atoms with van der Waals surface area (Å²) < 4.78 is 4.68. The molecule has 1 aromatic heterocycles. The summed E-state index contributed by atoms with van der Waals surface area (Å²) in [6, 6.07) is 1.90. The zero-order chi connectivity index (χ0) is 28.4. The van der Waals surface area contributed by atoms with E-state index in [1.54, 1.807) is 20.2 Å². The molecule has 0 radical (unpaired) electrons. The van der Waals surface area contributed by atoms with Crippen molar-refractivity contribution in [1.82, 2.24) is 15.4 Å². The maximum absolute atomic E-state index is 13.8. The highest BCUT2D eigenvalue weighted by Crippen LogP contribution is 2.52. The predicted molar refractivity (Wildman–Crippen MR) is 132 cm³/mol. The molecular weight excluding hydrogens is 512 g/mol. The van der Waals surface area contributed by atoms with Crippen LogP contribution < -0.4 is 11.1 Å². The van der Waals surface area contributed by atoms with Gasteiger partial charge in [-0.3, -0.25) is 19.2 Å². The van der Waals surface area contributed by atoms with E-state index in [2.05, 4.69) is 15.0 Å². The summed E-state index contributed by atoms with van der Waals surface area (Å²) in [7, 11) is 3.17. The molecule has 0 saturated heterocycles. The quantitative estimate of drug-likeness (QED) is 0.254. The second kappa shape index (κ2) is 9.29. The van der Waals surface area contributed by atoms with Gasteiger partial charge in [-0.25, -0.2) is 0 Å². The highest BCUT2D eigenvalue weighted by Gasteiger charge is 2.67. The van der Waals surface area contributed by atoms with Crippen LogP contribution in [0.3, 0.4) is 0 Å². The van der Waals surface area contributed by atoms with E-state index in [0.717, 1.165) is 0 Å². The first-order valence-electron chi connectivity index (χ1n) is 12.3. The first kappa shape index (κ1) is 26.5. The fraction of sp³-hybridized carbons (Fsp3) is 0.423. The zero-order valence-corrected chi connectivity index (χ0v) is 21.1. The van der Waals surface area contributed by atoms with Gasteiger partial charge < -0.3 is 40.9 Å². The molecule has 0 spiro atoms. The molecule has 0 bridgehead atoms. The van der Waals surface area contributed by atoms with Crippen LogP contribution in [-0.2, 0) is 27.3 Å². The molecule has 2 aromatic rings. The second-order valence-corrected chi connectivity index (χ2v) is 10.5. The van der Waals surface area contributed by atoms with E-state index in [0.29, 0.717) is 11.1 Å². The molecule has 2 unspecified atom stereocenters. The molecule has 2 amide bonds. The molecule has 39 heavy (non-hydrogen) atoms. The normalized spacial score (nSPS) is 30.0. The highest BCUT2D eigenvalue weighted by molar-refractivity contribution is 6.25. The number of ketones is 2. The Morgan fingerprint density at radius 3 is 2.59 bits per heavy atom. The molecule has 2 fully saturated rings. The van der Waals surface area contributed by atoms with Crippen LogP contribution in [0.4, 0.5) is 0 Å². The predicted octanol–water partition coefficient (Wildman–Crippen LogP) is -0.953. The number of aliphatic hydroxyl groups excluding tert-OH is 2. The summed E-state index contributed by atoms with van der Waals surface area (Å²) in [5, 5.41) is 50.7. The Morgan fingerprint density at radius 2 is 1.97 bits per heavy atom. The molecule has 1 heterocycles. The fourth-order valence-corrected chi connectivity index (χ4v) is 6.43. The number of primary amides is 1. The fourth-order valence-electron chi connectivity index (χ4n) is 6.43. The van der Waals surface area contributed by atoms with Crippen LogP contribution in [0, 0.1) is 17.8 Å². The number of phenolic OH excluding ortho intramolecular Hbond substituents is 1. The first-order chi connectivity index (χ1) is 18.4. The van der Waals surface area contributed by atoms with Crippen LogP contribution in [0.25, 0.3) is 5.76 Å². The van der Waals surface area contributed by atoms with E-state index in [4.69, 9.17) is 5.73 Å². The summed E-state index contributed by atoms with van der Waals surface area (Å²) in [6.45, 7) is 0.0150. The lowest BCUT2D eigenvalue weighted by Gasteiger charge is -2.53. The molecule has 5 rings (SSSR count). The number of likely N-dealkylation sites (N-methyl/N-ethyl adjacent to an activating group) is 1. The van der Waals surface area contributed by atoms with Gasteiger partial charge in [0, 0.05) is 24.1 Å². The number of aromatic hydroxyl groups is 1. The van der Waals surface area contributed by atoms with Gasteiger partial charge >= 0.3 is 0 Å². The summed E-state index contributed by atoms with van der Waals surface area (Å²) in [4.78, 5) is 53.2. The molecule has 3 aliphatic carbocycles. The van der Waals surface area contributed by atoms with Crippen LogP contribution in [0.5, 0.6) is 5.75 Å². The monoisotopic (exact) mass is 540 g/mol. The van der Waals surface area contributed by atoms with E-state index in [-0.39, 0.29) is 41.8 Å². The molecule has 2 saturated carbocycles. The number of carbonyl (C=O) groups excluding carboxylic acids is 4. The third-order valence-electron chi connectivity index (χ3n) is 8.20. The Morgan fingerprint density at radius 1 is 1.26 bits per heavy atom. The Balaban J connectivity index is 1.58. The van der Waals surface area contributed by atoms with Gasteiger partial charge in [-0.05, 0) is 50.0 Å². The van der Waals surface area contributed by atoms with E-state index >= 15 is 0 Å². The Bertz CT molecular complexity index is 1420. The molecule has 206 valence electrons. The van der Waals surface area contributed by atoms with Crippen molar-refractivity contribution in [2.45, 2.75) is 37.1 Å². The highest BCUT2D eigenvalue weighted by atomic mass is 16.5. The van der Waals surface area contributed by atoms with Crippen LogP contribution in [0.15, 0.2) is 34.7 Å². The smallest absolute Gasteiger partial charge is 0.256 e. The molecular formula is C26H28N4O9. The lowest BCUT2D eigenvalue weighted by molar-refractivity contribution is -0.184. The molecule has 7 N–H and O–H groups in total. The number of nitrogens with two attached hydrogens (primary N) is 1. The Labute approximate surface area is 221 Å². The number of rotatable bonds is 5. The minimum Gasteiger partial charge on any atom is -0.507 e. The summed E-state index contributed by atoms with van der Waals surface area (Å²) in [5.74, 6) is -8.51. The average Bonchev–Trinajstić information content (AvgIpc) is 3.40. The number of fused-ring (bicyclic) bond motifs is 3. The topological polar surface area (TPSA) is 217 Å². The van der Waals surface area contributed by atoms with Gasteiger partial charge in [-0.15, -0.1) is 0 Å². The van der Waals surface area contributed by atoms with Crippen molar-refractivity contribution in [1.29, 1.82) is 0 Å². The first-order valence-corrected chi connectivity index (χ1v) is 12.3. The van der Waals surface area contributed by atoms with E-state index in [9.17, 15) is 39.6 Å². The molecule has 0 aliphatic heterocycles. The van der Waals surface area contributed by atoms with Crippen LogP contribution in [-0.4, -0.2) is 85.7 Å². The summed E-state index contributed by atoms with van der Waals surface area (Å²) in [6.07, 6.45) is 0.997. The largest absolute Gasteiger partial charge is 0.507 e. The molecule has 13 nitrogen and oxygen atoms in total. The Hall–Kier alpha value is -4.07. The lowest BCUT2D eigenvalue weighted by atomic mass is 9.54. The third kappa shape index (κ3) is 3.84. The molecule has 13 heteroatoms. The van der Waals surface area contributed by atoms with E-state index in [1.807, 2.05) is 0 Å². The van der Waals surface area contributed by atoms with Crippen LogP contribution in [0.1, 0.15) is 33.5 Å². The molecule has 3 aliphatic rings. The third-order valence-corrected chi connectivity index (χ3v) is 8.20. The van der Waals surface area contributed by atoms with Gasteiger partial charge in [0.05, 0.1) is 23.4 Å².